The Kier molecular flexibility index (Phi) is 23.5. The number of esters is 2. The maximum absolute atomic E-state index is 13.6. The number of carboxylic acids is 2. The average molecular weight is 1250 g/mol. The molecule has 476 valence electrons. The van der Waals surface area contributed by atoms with E-state index in [-0.39, 0.29) is 35.6 Å². The first kappa shape index (κ1) is 68.4. The molecule has 90 heavy (non-hydrogen) atoms. The number of fused-ring (bicyclic) bond motifs is 6. The molecule has 6 aromatic carbocycles. The van der Waals surface area contributed by atoms with Gasteiger partial charge in [-0.2, -0.15) is 26.3 Å². The summed E-state index contributed by atoms with van der Waals surface area (Å²) in [7, 11) is 0. The smallest absolute Gasteiger partial charge is 0.430 e. The van der Waals surface area contributed by atoms with E-state index >= 15 is 0 Å². The number of hydrogen-bond acceptors (Lipinski definition) is 14. The predicted octanol–water partition coefficient (Wildman–Crippen LogP) is 5.76. The standard InChI is InChI=1S/2C31H33N3O4.2C2HF3O2/c2*32-28(24-12-6-2-7-13-24)30(36)33-29(25-14-8-3-9-15-25)31(37)38-27-21-34(18-16-23(27)17-19-34)20-26(35)22-10-4-1-5-11-22;2*3-2(4,5)1(6)7/h2*1-15,23,27-29H,16-21,32H2;2*(H,6,7)/t23?,27-,28?,29?,34?;;;/m0.../s1. The van der Waals surface area contributed by atoms with Crippen LogP contribution in [-0.4, -0.2) is 133 Å². The number of carbonyl (C=O) groups excluding carboxylic acids is 8. The fourth-order valence-corrected chi connectivity index (χ4v) is 11.6. The Bertz CT molecular complexity index is 3150. The summed E-state index contributed by atoms with van der Waals surface area (Å²) < 4.78 is 76.6. The minimum atomic E-state index is -5.19. The summed E-state index contributed by atoms with van der Waals surface area (Å²) in [6.45, 7) is 5.63. The van der Waals surface area contributed by atoms with Gasteiger partial charge in [-0.05, 0) is 22.3 Å². The number of amides is 2. The lowest BCUT2D eigenvalue weighted by molar-refractivity contribution is -0.938. The number of hydrogen-bond donors (Lipinski definition) is 4. The number of aliphatic carboxylic acids is 2. The number of piperidine rings is 6. The number of rotatable bonds is 18. The van der Waals surface area contributed by atoms with Crippen molar-refractivity contribution in [2.45, 2.75) is 74.4 Å². The molecule has 0 spiro atoms. The van der Waals surface area contributed by atoms with Gasteiger partial charge >= 0.3 is 24.3 Å². The van der Waals surface area contributed by atoms with E-state index in [0.29, 0.717) is 68.5 Å². The minimum Gasteiger partial charge on any atom is -0.542 e. The number of halogens is 6. The van der Waals surface area contributed by atoms with Gasteiger partial charge in [-0.25, -0.2) is 9.59 Å². The number of Topliss-reactive ketones (excluding diaryl/α,β-unsaturated/α-hetero) is 2. The summed E-state index contributed by atoms with van der Waals surface area (Å²) in [6.07, 6.45) is -7.38. The second-order valence-electron chi connectivity index (χ2n) is 22.5. The Balaban J connectivity index is 0.000000211. The third kappa shape index (κ3) is 19.0. The monoisotopic (exact) mass is 1250 g/mol. The van der Waals surface area contributed by atoms with E-state index in [4.69, 9.17) is 40.7 Å². The van der Waals surface area contributed by atoms with E-state index in [9.17, 15) is 55.1 Å². The molecule has 18 nitrogen and oxygen atoms in total. The van der Waals surface area contributed by atoms with Gasteiger partial charge in [0.2, 0.25) is 23.4 Å². The highest BCUT2D eigenvalue weighted by molar-refractivity contribution is 5.97. The Morgan fingerprint density at radius 1 is 0.433 bits per heavy atom. The average Bonchev–Trinajstić information content (AvgIpc) is 0.829. The van der Waals surface area contributed by atoms with Gasteiger partial charge in [0.15, 0.2) is 24.3 Å². The van der Waals surface area contributed by atoms with Crippen molar-refractivity contribution in [3.63, 3.8) is 0 Å². The van der Waals surface area contributed by atoms with Crippen molar-refractivity contribution in [3.8, 4) is 0 Å². The summed E-state index contributed by atoms with van der Waals surface area (Å²) in [6, 6.07) is 51.2. The molecular weight excluding hydrogens is 1180 g/mol. The minimum absolute atomic E-state index is 0.111. The molecule has 5 unspecified atom stereocenters. The van der Waals surface area contributed by atoms with Crippen molar-refractivity contribution in [2.24, 2.45) is 23.3 Å². The third-order valence-electron chi connectivity index (χ3n) is 16.4. The first-order chi connectivity index (χ1) is 42.8. The van der Waals surface area contributed by atoms with Crippen LogP contribution >= 0.6 is 0 Å². The molecule has 0 radical (unpaired) electrons. The van der Waals surface area contributed by atoms with Crippen LogP contribution < -0.4 is 32.3 Å². The summed E-state index contributed by atoms with van der Waals surface area (Å²) in [5.74, 6) is -7.19. The van der Waals surface area contributed by atoms with Gasteiger partial charge in [0.05, 0.1) is 26.2 Å². The Morgan fingerprint density at radius 3 is 0.933 bits per heavy atom. The van der Waals surface area contributed by atoms with Crippen molar-refractivity contribution in [3.05, 3.63) is 215 Å². The topological polar surface area (TPSA) is 277 Å². The third-order valence-corrected chi connectivity index (χ3v) is 16.4. The Hall–Kier alpha value is -9.10. The molecule has 2 amide bonds. The second kappa shape index (κ2) is 30.9. The number of ketones is 2. The predicted molar refractivity (Wildman–Crippen MR) is 310 cm³/mol. The van der Waals surface area contributed by atoms with Crippen LogP contribution in [0.5, 0.6) is 0 Å². The fourth-order valence-electron chi connectivity index (χ4n) is 11.6. The number of nitrogens with zero attached hydrogens (tertiary/aromatic N) is 2. The molecule has 6 saturated heterocycles. The molecule has 6 aliphatic heterocycles. The summed E-state index contributed by atoms with van der Waals surface area (Å²) >= 11 is 0. The number of ether oxygens (including phenoxy) is 2. The maximum Gasteiger partial charge on any atom is 0.430 e. The van der Waals surface area contributed by atoms with Crippen molar-refractivity contribution < 1.29 is 93.4 Å². The Labute approximate surface area is 514 Å². The number of benzene rings is 6. The number of nitrogens with one attached hydrogen (secondary N) is 2. The van der Waals surface area contributed by atoms with E-state index in [1.54, 1.807) is 48.5 Å². The van der Waals surface area contributed by atoms with E-state index in [1.807, 2.05) is 133 Å². The molecular formula is C66H68F6N6O12. The molecule has 4 bridgehead atoms. The molecule has 6 fully saturated rings. The van der Waals surface area contributed by atoms with Crippen LogP contribution in [0.3, 0.4) is 0 Å². The largest absolute Gasteiger partial charge is 0.542 e. The normalized spacial score (nSPS) is 21.8. The molecule has 0 aromatic heterocycles. The molecule has 6 atom stereocenters. The lowest BCUT2D eigenvalue weighted by atomic mass is 9.82. The van der Waals surface area contributed by atoms with Gasteiger partial charge in [0.1, 0.15) is 50.2 Å². The maximum atomic E-state index is 13.6. The highest BCUT2D eigenvalue weighted by Gasteiger charge is 2.51. The summed E-state index contributed by atoms with van der Waals surface area (Å²) in [4.78, 5) is 96.9. The number of nitrogens with two attached hydrogens (primary N) is 2. The molecule has 12 rings (SSSR count). The van der Waals surface area contributed by atoms with Gasteiger partial charge in [-0.15, -0.1) is 0 Å². The first-order valence-corrected chi connectivity index (χ1v) is 28.9. The van der Waals surface area contributed by atoms with Gasteiger partial charge in [-0.1, -0.05) is 182 Å². The van der Waals surface area contributed by atoms with Crippen LogP contribution in [-0.2, 0) is 38.2 Å². The number of carbonyl (C=O) groups is 8. The van der Waals surface area contributed by atoms with Crippen LogP contribution in [0.2, 0.25) is 0 Å². The molecule has 0 aliphatic carbocycles. The lowest BCUT2D eigenvalue weighted by Gasteiger charge is -2.51. The highest BCUT2D eigenvalue weighted by atomic mass is 19.4. The molecule has 24 heteroatoms. The second-order valence-corrected chi connectivity index (χ2v) is 22.5. The number of carboxylic acid groups (broad SMARTS) is 2. The Morgan fingerprint density at radius 2 is 0.678 bits per heavy atom. The molecule has 6 N–H and O–H groups in total. The molecule has 6 heterocycles. The van der Waals surface area contributed by atoms with Crippen LogP contribution in [0.4, 0.5) is 26.3 Å². The fraction of sp³-hybridized carbons (Fsp3) is 0.333. The van der Waals surface area contributed by atoms with E-state index < -0.39 is 72.2 Å². The van der Waals surface area contributed by atoms with Crippen molar-refractivity contribution in [2.75, 3.05) is 52.4 Å². The molecule has 0 saturated carbocycles. The van der Waals surface area contributed by atoms with Gasteiger partial charge in [0, 0.05) is 48.6 Å². The zero-order chi connectivity index (χ0) is 65.2. The molecule has 6 aromatic rings. The molecule has 6 aliphatic rings. The zero-order valence-corrected chi connectivity index (χ0v) is 48.6. The quantitative estimate of drug-likeness (QED) is 0.0345. The highest BCUT2D eigenvalue weighted by Crippen LogP contribution is 2.38. The SMILES string of the molecule is NC(C(=O)NC(C(=O)OC1C[N+]2(CC(=O)c3ccccc3)CCC1CC2)c1ccccc1)c1ccccc1.NC(C(=O)NC(C(=O)O[C@H]1C[N+]2(CC(=O)c3ccccc3)CCC1CC2)c1ccccc1)c1ccccc1.O=C([O-])C(F)(F)F.O=C([O-])C(F)(F)F. The first-order valence-electron chi connectivity index (χ1n) is 28.9. The van der Waals surface area contributed by atoms with E-state index in [0.717, 1.165) is 51.9 Å². The van der Waals surface area contributed by atoms with Crippen LogP contribution in [0.1, 0.15) is 92.8 Å². The lowest BCUT2D eigenvalue weighted by Crippen LogP contribution is -2.66. The summed E-state index contributed by atoms with van der Waals surface area (Å²) in [5, 5.41) is 23.2. The zero-order valence-electron chi connectivity index (χ0n) is 48.6. The van der Waals surface area contributed by atoms with E-state index in [2.05, 4.69) is 10.6 Å². The van der Waals surface area contributed by atoms with Gasteiger partial charge < -0.3 is 60.3 Å². The van der Waals surface area contributed by atoms with Crippen LogP contribution in [0, 0.1) is 11.8 Å². The number of quaternary nitrogens is 2. The van der Waals surface area contributed by atoms with Crippen molar-refractivity contribution >= 4 is 47.3 Å². The number of alkyl halides is 6. The van der Waals surface area contributed by atoms with Crippen molar-refractivity contribution in [1.82, 2.24) is 10.6 Å². The van der Waals surface area contributed by atoms with Gasteiger partial charge in [-0.3, -0.25) is 19.2 Å². The summed E-state index contributed by atoms with van der Waals surface area (Å²) in [5.41, 5.74) is 16.4. The van der Waals surface area contributed by atoms with Crippen LogP contribution in [0.15, 0.2) is 182 Å². The van der Waals surface area contributed by atoms with Crippen LogP contribution in [0.25, 0.3) is 0 Å². The van der Waals surface area contributed by atoms with E-state index in [1.165, 1.54) is 0 Å². The van der Waals surface area contributed by atoms with Crippen molar-refractivity contribution in [1.29, 1.82) is 0 Å². The van der Waals surface area contributed by atoms with Gasteiger partial charge in [0.25, 0.3) is 0 Å².